The summed E-state index contributed by atoms with van der Waals surface area (Å²) in [4.78, 5) is 4.36. The van der Waals surface area contributed by atoms with Crippen molar-refractivity contribution in [3.05, 3.63) is 35.5 Å². The van der Waals surface area contributed by atoms with Crippen LogP contribution >= 0.6 is 11.6 Å². The zero-order chi connectivity index (χ0) is 17.9. The number of nitrogens with zero attached hydrogens (tertiary/aromatic N) is 1. The maximum atomic E-state index is 11.9. The highest BCUT2D eigenvalue weighted by Crippen LogP contribution is 2.28. The van der Waals surface area contributed by atoms with E-state index in [1.54, 1.807) is 6.20 Å². The molecule has 136 valence electrons. The van der Waals surface area contributed by atoms with E-state index in [0.29, 0.717) is 17.5 Å². The highest BCUT2D eigenvalue weighted by Gasteiger charge is 2.24. The highest BCUT2D eigenvalue weighted by atomic mass is 35.5. The molecule has 0 saturated heterocycles. The second-order valence-corrected chi connectivity index (χ2v) is 8.96. The Morgan fingerprint density at radius 2 is 1.88 bits per heavy atom. The molecule has 3 rings (SSSR count). The molecule has 7 heteroatoms. The van der Waals surface area contributed by atoms with Crippen LogP contribution < -0.4 is 10.0 Å². The number of rotatable bonds is 6. The number of sulfonamides is 1. The quantitative estimate of drug-likeness (QED) is 0.794. The first-order chi connectivity index (χ1) is 12.0. The Kier molecular flexibility index (Phi) is 5.81. The molecule has 0 amide bonds. The number of halogens is 1. The maximum Gasteiger partial charge on any atom is 0.211 e. The number of hydrogen-bond donors (Lipinski definition) is 2. The van der Waals surface area contributed by atoms with Gasteiger partial charge in [-0.3, -0.25) is 4.98 Å². The molecule has 1 aromatic carbocycles. The summed E-state index contributed by atoms with van der Waals surface area (Å²) in [5.41, 5.74) is 1.93. The average Bonchev–Trinajstić information content (AvgIpc) is 2.56. The van der Waals surface area contributed by atoms with E-state index in [0.717, 1.165) is 42.3 Å². The molecule has 0 bridgehead atoms. The standard InChI is InChI=1S/C18H24ClN3O2S/c1-2-11-25(23,24)22-15-6-4-14(5-7-15)21-17-9-10-20-18-12-13(19)3-8-16(17)18/h3,8-10,12,14-15,22H,2,4-7,11H2,1H3,(H,20,21)/t14-,15+. The van der Waals surface area contributed by atoms with E-state index in [4.69, 9.17) is 11.6 Å². The Hall–Kier alpha value is -1.37. The van der Waals surface area contributed by atoms with E-state index < -0.39 is 10.0 Å². The van der Waals surface area contributed by atoms with Crippen molar-refractivity contribution in [1.82, 2.24) is 9.71 Å². The minimum Gasteiger partial charge on any atom is -0.382 e. The van der Waals surface area contributed by atoms with E-state index in [9.17, 15) is 8.42 Å². The van der Waals surface area contributed by atoms with Crippen LogP contribution in [0.3, 0.4) is 0 Å². The average molecular weight is 382 g/mol. The van der Waals surface area contributed by atoms with Crippen LogP contribution in [0.4, 0.5) is 5.69 Å². The third-order valence-electron chi connectivity index (χ3n) is 4.61. The van der Waals surface area contributed by atoms with Crippen LogP contribution in [0.1, 0.15) is 39.0 Å². The van der Waals surface area contributed by atoms with Gasteiger partial charge in [0.2, 0.25) is 10.0 Å². The first kappa shape index (κ1) is 18.4. The topological polar surface area (TPSA) is 71.1 Å². The molecule has 0 unspecified atom stereocenters. The monoisotopic (exact) mass is 381 g/mol. The van der Waals surface area contributed by atoms with Gasteiger partial charge in [0.15, 0.2) is 0 Å². The van der Waals surface area contributed by atoms with Crippen molar-refractivity contribution < 1.29 is 8.42 Å². The Balaban J connectivity index is 1.61. The molecule has 1 saturated carbocycles. The number of benzene rings is 1. The second-order valence-electron chi connectivity index (χ2n) is 6.65. The van der Waals surface area contributed by atoms with Crippen LogP contribution in [0.2, 0.25) is 5.02 Å². The Morgan fingerprint density at radius 1 is 1.16 bits per heavy atom. The molecule has 0 atom stereocenters. The summed E-state index contributed by atoms with van der Waals surface area (Å²) in [6.07, 6.45) is 6.02. The lowest BCUT2D eigenvalue weighted by atomic mass is 9.91. The fraction of sp³-hybridized carbons (Fsp3) is 0.500. The molecule has 5 nitrogen and oxygen atoms in total. The number of aromatic nitrogens is 1. The molecular weight excluding hydrogens is 358 g/mol. The summed E-state index contributed by atoms with van der Waals surface area (Å²) in [5, 5.41) is 5.32. The van der Waals surface area contributed by atoms with Crippen molar-refractivity contribution >= 4 is 38.2 Å². The van der Waals surface area contributed by atoms with Gasteiger partial charge in [-0.1, -0.05) is 18.5 Å². The first-order valence-electron chi connectivity index (χ1n) is 8.77. The Bertz CT molecular complexity index is 833. The fourth-order valence-corrected chi connectivity index (χ4v) is 4.97. The van der Waals surface area contributed by atoms with Crippen molar-refractivity contribution in [2.75, 3.05) is 11.1 Å². The van der Waals surface area contributed by atoms with Crippen LogP contribution in [-0.4, -0.2) is 31.2 Å². The van der Waals surface area contributed by atoms with Gasteiger partial charge in [0.1, 0.15) is 0 Å². The molecular formula is C18H24ClN3O2S. The maximum absolute atomic E-state index is 11.9. The number of pyridine rings is 1. The van der Waals surface area contributed by atoms with E-state index in [-0.39, 0.29) is 11.8 Å². The fourth-order valence-electron chi connectivity index (χ4n) is 3.40. The summed E-state index contributed by atoms with van der Waals surface area (Å²) >= 11 is 6.04. The van der Waals surface area contributed by atoms with Crippen LogP contribution in [-0.2, 0) is 10.0 Å². The van der Waals surface area contributed by atoms with Gasteiger partial charge in [-0.15, -0.1) is 0 Å². The summed E-state index contributed by atoms with van der Waals surface area (Å²) < 4.78 is 26.6. The van der Waals surface area contributed by atoms with Crippen molar-refractivity contribution in [3.63, 3.8) is 0 Å². The molecule has 2 N–H and O–H groups in total. The largest absolute Gasteiger partial charge is 0.382 e. The summed E-state index contributed by atoms with van der Waals surface area (Å²) in [5.74, 6) is 0.205. The minimum atomic E-state index is -3.13. The van der Waals surface area contributed by atoms with Gasteiger partial charge in [0.05, 0.1) is 11.3 Å². The lowest BCUT2D eigenvalue weighted by Gasteiger charge is -2.30. The van der Waals surface area contributed by atoms with Crippen molar-refractivity contribution in [2.45, 2.75) is 51.1 Å². The molecule has 1 heterocycles. The predicted octanol–water partition coefficient (Wildman–Crippen LogP) is 3.94. The number of fused-ring (bicyclic) bond motifs is 1. The smallest absolute Gasteiger partial charge is 0.211 e. The van der Waals surface area contributed by atoms with Crippen molar-refractivity contribution in [1.29, 1.82) is 0 Å². The molecule has 25 heavy (non-hydrogen) atoms. The predicted molar refractivity (Wildman–Crippen MR) is 104 cm³/mol. The summed E-state index contributed by atoms with van der Waals surface area (Å²) in [6.45, 7) is 1.88. The zero-order valence-electron chi connectivity index (χ0n) is 14.3. The van der Waals surface area contributed by atoms with Crippen molar-refractivity contribution in [2.24, 2.45) is 0 Å². The molecule has 0 aliphatic heterocycles. The van der Waals surface area contributed by atoms with Gasteiger partial charge in [-0.25, -0.2) is 13.1 Å². The second kappa shape index (κ2) is 7.89. The number of hydrogen-bond acceptors (Lipinski definition) is 4. The van der Waals surface area contributed by atoms with Crippen LogP contribution in [0.15, 0.2) is 30.5 Å². The molecule has 0 spiro atoms. The van der Waals surface area contributed by atoms with Crippen LogP contribution in [0.5, 0.6) is 0 Å². The van der Waals surface area contributed by atoms with Crippen LogP contribution in [0, 0.1) is 0 Å². The van der Waals surface area contributed by atoms with Gasteiger partial charge >= 0.3 is 0 Å². The Morgan fingerprint density at radius 3 is 2.60 bits per heavy atom. The van der Waals surface area contributed by atoms with Gasteiger partial charge in [-0.05, 0) is 56.4 Å². The third kappa shape index (κ3) is 4.84. The van der Waals surface area contributed by atoms with Gasteiger partial charge in [0.25, 0.3) is 0 Å². The third-order valence-corrected chi connectivity index (χ3v) is 6.48. The first-order valence-corrected chi connectivity index (χ1v) is 10.8. The Labute approximate surface area is 154 Å². The normalized spacial score (nSPS) is 21.4. The molecule has 0 radical (unpaired) electrons. The van der Waals surface area contributed by atoms with E-state index in [2.05, 4.69) is 15.0 Å². The van der Waals surface area contributed by atoms with E-state index in [1.807, 2.05) is 31.2 Å². The zero-order valence-corrected chi connectivity index (χ0v) is 15.9. The summed E-state index contributed by atoms with van der Waals surface area (Å²) in [6, 6.07) is 8.09. The summed E-state index contributed by atoms with van der Waals surface area (Å²) in [7, 11) is -3.13. The lowest BCUT2D eigenvalue weighted by molar-refractivity contribution is 0.387. The van der Waals surface area contributed by atoms with Gasteiger partial charge in [-0.2, -0.15) is 0 Å². The molecule has 1 aliphatic carbocycles. The van der Waals surface area contributed by atoms with E-state index in [1.165, 1.54) is 0 Å². The number of nitrogens with one attached hydrogen (secondary N) is 2. The van der Waals surface area contributed by atoms with Crippen molar-refractivity contribution in [3.8, 4) is 0 Å². The van der Waals surface area contributed by atoms with Gasteiger partial charge in [0, 0.05) is 34.4 Å². The number of anilines is 1. The highest BCUT2D eigenvalue weighted by molar-refractivity contribution is 7.89. The van der Waals surface area contributed by atoms with E-state index >= 15 is 0 Å². The minimum absolute atomic E-state index is 0.0580. The molecule has 1 aliphatic rings. The SMILES string of the molecule is CCCS(=O)(=O)N[C@H]1CC[C@@H](Nc2ccnc3cc(Cl)ccc23)CC1. The molecule has 2 aromatic rings. The molecule has 1 fully saturated rings. The molecule has 1 aromatic heterocycles. The van der Waals surface area contributed by atoms with Crippen LogP contribution in [0.25, 0.3) is 10.9 Å². The van der Waals surface area contributed by atoms with Gasteiger partial charge < -0.3 is 5.32 Å². The lowest BCUT2D eigenvalue weighted by Crippen LogP contribution is -2.41.